The van der Waals surface area contributed by atoms with Gasteiger partial charge in [-0.2, -0.15) is 0 Å². The average Bonchev–Trinajstić information content (AvgIpc) is 2.22. The maximum atomic E-state index is 11.6. The topological polar surface area (TPSA) is 60.0 Å². The van der Waals surface area contributed by atoms with Crippen LogP contribution in [0.4, 0.5) is 4.79 Å². The predicted molar refractivity (Wildman–Crippen MR) is 70.2 cm³/mol. The number of nitrogens with zero attached hydrogens (tertiary/aromatic N) is 1. The number of rotatable bonds is 3. The fraction of sp³-hybridized carbons (Fsp3) is 0.923. The minimum atomic E-state index is -0.465. The molecule has 1 atom stereocenters. The van der Waals surface area contributed by atoms with E-state index in [1.165, 1.54) is 0 Å². The van der Waals surface area contributed by atoms with E-state index in [4.69, 9.17) is 14.2 Å². The van der Waals surface area contributed by atoms with Gasteiger partial charge in [0.1, 0.15) is 5.60 Å². The van der Waals surface area contributed by atoms with Gasteiger partial charge in [-0.1, -0.05) is 0 Å². The molecule has 0 spiro atoms. The monoisotopic (exact) mass is 272 g/mol. The molecule has 0 bridgehead atoms. The number of morpholine rings is 1. The molecule has 6 nitrogen and oxygen atoms in total. The van der Waals surface area contributed by atoms with E-state index >= 15 is 0 Å². The van der Waals surface area contributed by atoms with Crippen LogP contribution in [0, 0.1) is 0 Å². The molecule has 110 valence electrons. The highest BCUT2D eigenvalue weighted by atomic mass is 16.6. The molecule has 1 amide bonds. The summed E-state index contributed by atoms with van der Waals surface area (Å²) in [7, 11) is 0. The highest BCUT2D eigenvalue weighted by Gasteiger charge is 2.31. The van der Waals surface area contributed by atoms with E-state index in [1.807, 2.05) is 20.8 Å². The Bertz CT molecular complexity index is 312. The maximum absolute atomic E-state index is 11.6. The van der Waals surface area contributed by atoms with Crippen LogP contribution in [0.15, 0.2) is 0 Å². The van der Waals surface area contributed by atoms with Crippen LogP contribution >= 0.6 is 0 Å². The molecule has 0 saturated carbocycles. The number of amides is 1. The molecule has 2 aliphatic rings. The third kappa shape index (κ3) is 4.63. The van der Waals surface area contributed by atoms with Crippen LogP contribution in [0.5, 0.6) is 0 Å². The fourth-order valence-corrected chi connectivity index (χ4v) is 2.14. The van der Waals surface area contributed by atoms with Gasteiger partial charge in [-0.15, -0.1) is 0 Å². The third-order valence-electron chi connectivity index (χ3n) is 3.18. The molecular weight excluding hydrogens is 248 g/mol. The van der Waals surface area contributed by atoms with Crippen molar-refractivity contribution in [3.8, 4) is 0 Å². The van der Waals surface area contributed by atoms with Gasteiger partial charge >= 0.3 is 6.09 Å². The summed E-state index contributed by atoms with van der Waals surface area (Å²) < 4.78 is 16.1. The second-order valence-electron chi connectivity index (χ2n) is 6.06. The summed E-state index contributed by atoms with van der Waals surface area (Å²) in [5, 5.41) is 2.76. The summed E-state index contributed by atoms with van der Waals surface area (Å²) in [5.74, 6) is 0. The van der Waals surface area contributed by atoms with Gasteiger partial charge in [-0.05, 0) is 20.8 Å². The van der Waals surface area contributed by atoms with E-state index in [9.17, 15) is 4.79 Å². The van der Waals surface area contributed by atoms with Crippen LogP contribution in [0.3, 0.4) is 0 Å². The van der Waals surface area contributed by atoms with Crippen molar-refractivity contribution < 1.29 is 19.0 Å². The lowest BCUT2D eigenvalue weighted by Crippen LogP contribution is -2.57. The second kappa shape index (κ2) is 6.07. The number of ether oxygens (including phenoxy) is 3. The SMILES string of the molecule is CC(C)(C)OC(=O)NCC1CN(C2COC2)CCO1. The molecule has 1 unspecified atom stereocenters. The summed E-state index contributed by atoms with van der Waals surface area (Å²) in [6, 6.07) is 0.521. The van der Waals surface area contributed by atoms with Crippen LogP contribution in [-0.2, 0) is 14.2 Å². The Hall–Kier alpha value is -0.850. The van der Waals surface area contributed by atoms with Crippen molar-refractivity contribution in [1.82, 2.24) is 10.2 Å². The highest BCUT2D eigenvalue weighted by Crippen LogP contribution is 2.15. The van der Waals surface area contributed by atoms with E-state index in [-0.39, 0.29) is 12.2 Å². The summed E-state index contributed by atoms with van der Waals surface area (Å²) >= 11 is 0. The Kier molecular flexibility index (Phi) is 4.65. The smallest absolute Gasteiger partial charge is 0.407 e. The van der Waals surface area contributed by atoms with E-state index in [0.29, 0.717) is 19.2 Å². The van der Waals surface area contributed by atoms with Crippen molar-refractivity contribution in [3.63, 3.8) is 0 Å². The Balaban J connectivity index is 1.69. The number of hydrogen-bond acceptors (Lipinski definition) is 5. The van der Waals surface area contributed by atoms with Crippen LogP contribution in [-0.4, -0.2) is 68.2 Å². The number of carbonyl (C=O) groups is 1. The molecule has 0 aromatic carbocycles. The largest absolute Gasteiger partial charge is 0.444 e. The average molecular weight is 272 g/mol. The van der Waals surface area contributed by atoms with Gasteiger partial charge in [0, 0.05) is 19.6 Å². The quantitative estimate of drug-likeness (QED) is 0.816. The molecule has 19 heavy (non-hydrogen) atoms. The molecule has 2 aliphatic heterocycles. The summed E-state index contributed by atoms with van der Waals surface area (Å²) in [6.45, 7) is 10.1. The zero-order valence-electron chi connectivity index (χ0n) is 12.0. The van der Waals surface area contributed by atoms with Crippen molar-refractivity contribution in [2.24, 2.45) is 0 Å². The normalized spacial score (nSPS) is 25.7. The molecule has 2 rings (SSSR count). The lowest BCUT2D eigenvalue weighted by atomic mass is 10.1. The van der Waals surface area contributed by atoms with Gasteiger partial charge in [0.25, 0.3) is 0 Å². The molecule has 2 heterocycles. The number of nitrogens with one attached hydrogen (secondary N) is 1. The summed E-state index contributed by atoms with van der Waals surface area (Å²) in [6.07, 6.45) is -0.359. The molecule has 0 radical (unpaired) electrons. The van der Waals surface area contributed by atoms with Crippen LogP contribution in [0.25, 0.3) is 0 Å². The predicted octanol–water partition coefficient (Wildman–Crippen LogP) is 0.611. The first kappa shape index (κ1) is 14.6. The van der Waals surface area contributed by atoms with E-state index < -0.39 is 5.60 Å². The molecule has 0 aromatic heterocycles. The molecule has 2 saturated heterocycles. The van der Waals surface area contributed by atoms with Gasteiger partial charge < -0.3 is 19.5 Å². The Morgan fingerprint density at radius 1 is 1.42 bits per heavy atom. The molecule has 6 heteroatoms. The lowest BCUT2D eigenvalue weighted by molar-refractivity contribution is -0.112. The van der Waals surface area contributed by atoms with Crippen LogP contribution < -0.4 is 5.32 Å². The highest BCUT2D eigenvalue weighted by molar-refractivity contribution is 5.67. The van der Waals surface area contributed by atoms with Crippen LogP contribution in [0.2, 0.25) is 0 Å². The zero-order chi connectivity index (χ0) is 13.9. The Labute approximate surface area is 114 Å². The second-order valence-corrected chi connectivity index (χ2v) is 6.06. The number of hydrogen-bond donors (Lipinski definition) is 1. The Morgan fingerprint density at radius 2 is 2.16 bits per heavy atom. The third-order valence-corrected chi connectivity index (χ3v) is 3.18. The van der Waals surface area contributed by atoms with E-state index in [0.717, 1.165) is 26.3 Å². The van der Waals surface area contributed by atoms with Crippen molar-refractivity contribution in [1.29, 1.82) is 0 Å². The first-order valence-electron chi connectivity index (χ1n) is 6.84. The first-order chi connectivity index (χ1) is 8.94. The van der Waals surface area contributed by atoms with E-state index in [1.54, 1.807) is 0 Å². The standard InChI is InChI=1S/C13H24N2O4/c1-13(2,3)19-12(16)14-6-11-7-15(4-5-18-11)10-8-17-9-10/h10-11H,4-9H2,1-3H3,(H,14,16). The van der Waals surface area contributed by atoms with Crippen molar-refractivity contribution in [3.05, 3.63) is 0 Å². The van der Waals surface area contributed by atoms with Gasteiger partial charge in [0.15, 0.2) is 0 Å². The first-order valence-corrected chi connectivity index (χ1v) is 6.84. The number of carbonyl (C=O) groups excluding carboxylic acids is 1. The summed E-state index contributed by atoms with van der Waals surface area (Å²) in [5.41, 5.74) is -0.465. The van der Waals surface area contributed by atoms with Crippen molar-refractivity contribution in [2.45, 2.75) is 38.5 Å². The molecule has 1 N–H and O–H groups in total. The molecule has 0 aliphatic carbocycles. The zero-order valence-corrected chi connectivity index (χ0v) is 12.0. The lowest BCUT2D eigenvalue weighted by Gasteiger charge is -2.41. The van der Waals surface area contributed by atoms with Gasteiger partial charge in [-0.25, -0.2) is 4.79 Å². The van der Waals surface area contributed by atoms with Gasteiger partial charge in [0.05, 0.1) is 32.0 Å². The van der Waals surface area contributed by atoms with Crippen molar-refractivity contribution in [2.75, 3.05) is 39.5 Å². The summed E-state index contributed by atoms with van der Waals surface area (Å²) in [4.78, 5) is 13.9. The maximum Gasteiger partial charge on any atom is 0.407 e. The minimum Gasteiger partial charge on any atom is -0.444 e. The van der Waals surface area contributed by atoms with Gasteiger partial charge in [0.2, 0.25) is 0 Å². The number of alkyl carbamates (subject to hydrolysis) is 1. The molecular formula is C13H24N2O4. The molecule has 2 fully saturated rings. The fourth-order valence-electron chi connectivity index (χ4n) is 2.14. The Morgan fingerprint density at radius 3 is 2.74 bits per heavy atom. The van der Waals surface area contributed by atoms with E-state index in [2.05, 4.69) is 10.2 Å². The minimum absolute atomic E-state index is 0.0295. The molecule has 0 aromatic rings. The van der Waals surface area contributed by atoms with Crippen molar-refractivity contribution >= 4 is 6.09 Å². The van der Waals surface area contributed by atoms with Crippen LogP contribution in [0.1, 0.15) is 20.8 Å². The van der Waals surface area contributed by atoms with Gasteiger partial charge in [-0.3, -0.25) is 4.90 Å².